The number of hydrogen-bond donors (Lipinski definition) is 1. The van der Waals surface area contributed by atoms with E-state index < -0.39 is 29.8 Å². The number of aliphatic carboxylic acids is 1. The molecule has 0 amide bonds. The molecule has 0 fully saturated rings. The van der Waals surface area contributed by atoms with Crippen LogP contribution in [0.2, 0.25) is 0 Å². The molecule has 0 unspecified atom stereocenters. The molecule has 116 valence electrons. The van der Waals surface area contributed by atoms with Crippen molar-refractivity contribution in [3.8, 4) is 0 Å². The second kappa shape index (κ2) is 6.02. The van der Waals surface area contributed by atoms with Crippen LogP contribution >= 0.6 is 0 Å². The van der Waals surface area contributed by atoms with Gasteiger partial charge in [-0.1, -0.05) is 0 Å². The maximum atomic E-state index is 12.9. The third kappa shape index (κ3) is 4.37. The smallest absolute Gasteiger partial charge is 0.416 e. The fraction of sp³-hybridized carbons (Fsp3) is 0.385. The fourth-order valence-electron chi connectivity index (χ4n) is 1.63. The molecule has 21 heavy (non-hydrogen) atoms. The summed E-state index contributed by atoms with van der Waals surface area (Å²) in [4.78, 5) is 23.4. The normalized spacial score (nSPS) is 12.7. The van der Waals surface area contributed by atoms with Crippen LogP contribution in [0.5, 0.6) is 0 Å². The van der Waals surface area contributed by atoms with Crippen LogP contribution in [0.15, 0.2) is 18.2 Å². The highest BCUT2D eigenvalue weighted by Crippen LogP contribution is 2.34. The van der Waals surface area contributed by atoms with Gasteiger partial charge >= 0.3 is 18.1 Å². The van der Waals surface area contributed by atoms with Crippen molar-refractivity contribution in [2.45, 2.75) is 19.2 Å². The zero-order valence-electron chi connectivity index (χ0n) is 11.6. The number of rotatable bonds is 4. The zero-order valence-corrected chi connectivity index (χ0v) is 11.6. The Morgan fingerprint density at radius 1 is 1.24 bits per heavy atom. The first-order chi connectivity index (χ1) is 9.52. The van der Waals surface area contributed by atoms with E-state index in [1.54, 1.807) is 0 Å². The molecule has 5 nitrogen and oxygen atoms in total. The molecule has 0 spiro atoms. The highest BCUT2D eigenvalue weighted by molar-refractivity contribution is 5.79. The second-order valence-corrected chi connectivity index (χ2v) is 4.53. The Bertz CT molecular complexity index is 555. The van der Waals surface area contributed by atoms with E-state index >= 15 is 0 Å². The number of benzene rings is 1. The van der Waals surface area contributed by atoms with Gasteiger partial charge in [-0.05, 0) is 18.2 Å². The summed E-state index contributed by atoms with van der Waals surface area (Å²) in [5.41, 5.74) is -1.11. The molecule has 1 atom stereocenters. The number of carboxylic acids is 1. The van der Waals surface area contributed by atoms with Crippen LogP contribution < -0.4 is 4.90 Å². The minimum atomic E-state index is -4.64. The lowest BCUT2D eigenvalue weighted by atomic mass is 10.0. The van der Waals surface area contributed by atoms with Crippen LogP contribution in [0, 0.1) is 0 Å². The van der Waals surface area contributed by atoms with E-state index in [0.29, 0.717) is 6.07 Å². The van der Waals surface area contributed by atoms with E-state index in [-0.39, 0.29) is 11.3 Å². The maximum Gasteiger partial charge on any atom is 0.416 e. The number of alkyl halides is 3. The zero-order chi connectivity index (χ0) is 16.4. The Morgan fingerprint density at radius 3 is 2.19 bits per heavy atom. The molecule has 0 radical (unpaired) electrons. The average Bonchev–Trinajstić information content (AvgIpc) is 2.33. The lowest BCUT2D eigenvalue weighted by Crippen LogP contribution is -2.20. The summed E-state index contributed by atoms with van der Waals surface area (Å²) in [5, 5.41) is 9.03. The number of esters is 1. The van der Waals surface area contributed by atoms with Crippen molar-refractivity contribution in [2.75, 3.05) is 19.0 Å². The van der Waals surface area contributed by atoms with Crippen LogP contribution in [0.1, 0.15) is 24.2 Å². The van der Waals surface area contributed by atoms with E-state index in [1.165, 1.54) is 25.1 Å². The van der Waals surface area contributed by atoms with Crippen LogP contribution in [0.25, 0.3) is 0 Å². The van der Waals surface area contributed by atoms with Gasteiger partial charge in [-0.25, -0.2) is 4.79 Å². The maximum absolute atomic E-state index is 12.9. The van der Waals surface area contributed by atoms with Crippen molar-refractivity contribution in [3.63, 3.8) is 0 Å². The Labute approximate surface area is 118 Å². The summed E-state index contributed by atoms with van der Waals surface area (Å²) < 4.78 is 43.2. The number of carbonyl (C=O) groups excluding carboxylic acids is 1. The SMILES string of the molecule is CC(=O)O[C@H](C(=O)O)c1cc(N(C)C)cc(C(F)(F)F)c1. The van der Waals surface area contributed by atoms with Crippen molar-refractivity contribution in [3.05, 3.63) is 29.3 Å². The molecular formula is C13H14F3NO4. The van der Waals surface area contributed by atoms with Crippen LogP contribution in [-0.2, 0) is 20.5 Å². The van der Waals surface area contributed by atoms with E-state index in [1.807, 2.05) is 0 Å². The van der Waals surface area contributed by atoms with Crippen molar-refractivity contribution < 1.29 is 32.6 Å². The molecule has 0 aliphatic carbocycles. The molecule has 0 aliphatic rings. The topological polar surface area (TPSA) is 66.8 Å². The molecule has 0 saturated heterocycles. The summed E-state index contributed by atoms with van der Waals surface area (Å²) in [6.45, 7) is 0.983. The van der Waals surface area contributed by atoms with Gasteiger partial charge in [0.25, 0.3) is 0 Å². The summed E-state index contributed by atoms with van der Waals surface area (Å²) in [5.74, 6) is -2.44. The van der Waals surface area contributed by atoms with Gasteiger partial charge in [0.15, 0.2) is 0 Å². The monoisotopic (exact) mass is 305 g/mol. The molecule has 0 aromatic heterocycles. The Balaban J connectivity index is 3.42. The van der Waals surface area contributed by atoms with E-state index in [9.17, 15) is 22.8 Å². The van der Waals surface area contributed by atoms with Crippen molar-refractivity contribution in [1.82, 2.24) is 0 Å². The first-order valence-corrected chi connectivity index (χ1v) is 5.82. The van der Waals surface area contributed by atoms with E-state index in [4.69, 9.17) is 5.11 Å². The molecule has 1 N–H and O–H groups in total. The van der Waals surface area contributed by atoms with Crippen molar-refractivity contribution >= 4 is 17.6 Å². The van der Waals surface area contributed by atoms with Crippen molar-refractivity contribution in [1.29, 1.82) is 0 Å². The third-order valence-electron chi connectivity index (χ3n) is 2.59. The van der Waals surface area contributed by atoms with Gasteiger partial charge in [-0.15, -0.1) is 0 Å². The number of ether oxygens (including phenoxy) is 1. The number of hydrogen-bond acceptors (Lipinski definition) is 4. The summed E-state index contributed by atoms with van der Waals surface area (Å²) in [6.07, 6.45) is -6.43. The third-order valence-corrected chi connectivity index (χ3v) is 2.59. The number of nitrogens with zero attached hydrogens (tertiary/aromatic N) is 1. The number of carbonyl (C=O) groups is 2. The Kier molecular flexibility index (Phi) is 4.82. The largest absolute Gasteiger partial charge is 0.478 e. The first kappa shape index (κ1) is 16.8. The van der Waals surface area contributed by atoms with Crippen LogP contribution in [0.3, 0.4) is 0 Å². The molecule has 0 bridgehead atoms. The number of halogens is 3. The van der Waals surface area contributed by atoms with E-state index in [2.05, 4.69) is 4.74 Å². The predicted molar refractivity (Wildman–Crippen MR) is 67.9 cm³/mol. The molecule has 1 aromatic carbocycles. The highest BCUT2D eigenvalue weighted by Gasteiger charge is 2.33. The quantitative estimate of drug-likeness (QED) is 0.866. The standard InChI is InChI=1S/C13H14F3NO4/c1-7(18)21-11(12(19)20)8-4-9(13(14,15)16)6-10(5-8)17(2)3/h4-6,11H,1-3H3,(H,19,20)/t11-/m0/s1. The van der Waals surface area contributed by atoms with Gasteiger partial charge in [0.05, 0.1) is 5.56 Å². The molecule has 0 heterocycles. The Hall–Kier alpha value is -2.25. The van der Waals surface area contributed by atoms with Gasteiger partial charge < -0.3 is 14.7 Å². The van der Waals surface area contributed by atoms with Gasteiger partial charge in [0.2, 0.25) is 6.10 Å². The molecule has 0 aliphatic heterocycles. The minimum Gasteiger partial charge on any atom is -0.478 e. The Morgan fingerprint density at radius 2 is 1.81 bits per heavy atom. The van der Waals surface area contributed by atoms with Gasteiger partial charge in [0, 0.05) is 32.3 Å². The summed E-state index contributed by atoms with van der Waals surface area (Å²) in [6, 6.07) is 2.78. The van der Waals surface area contributed by atoms with Crippen LogP contribution in [0.4, 0.5) is 18.9 Å². The van der Waals surface area contributed by atoms with Crippen molar-refractivity contribution in [2.24, 2.45) is 0 Å². The summed E-state index contributed by atoms with van der Waals surface area (Å²) >= 11 is 0. The number of carboxylic acid groups (broad SMARTS) is 1. The minimum absolute atomic E-state index is 0.151. The molecule has 1 rings (SSSR count). The lowest BCUT2D eigenvalue weighted by Gasteiger charge is -2.20. The molecule has 1 aromatic rings. The highest BCUT2D eigenvalue weighted by atomic mass is 19.4. The van der Waals surface area contributed by atoms with Gasteiger partial charge in [-0.3, -0.25) is 4.79 Å². The molecular weight excluding hydrogens is 291 g/mol. The van der Waals surface area contributed by atoms with Gasteiger partial charge in [0.1, 0.15) is 0 Å². The van der Waals surface area contributed by atoms with E-state index in [0.717, 1.165) is 13.0 Å². The predicted octanol–water partition coefficient (Wildman–Crippen LogP) is 2.46. The molecule has 0 saturated carbocycles. The lowest BCUT2D eigenvalue weighted by molar-refractivity contribution is -0.163. The first-order valence-electron chi connectivity index (χ1n) is 5.82. The molecule has 8 heteroatoms. The number of anilines is 1. The average molecular weight is 305 g/mol. The van der Waals surface area contributed by atoms with Gasteiger partial charge in [-0.2, -0.15) is 13.2 Å². The fourth-order valence-corrected chi connectivity index (χ4v) is 1.63. The van der Waals surface area contributed by atoms with Crippen LogP contribution in [-0.4, -0.2) is 31.1 Å². The summed E-state index contributed by atoms with van der Waals surface area (Å²) in [7, 11) is 3.03. The second-order valence-electron chi connectivity index (χ2n) is 4.53.